The second kappa shape index (κ2) is 8.33. The van der Waals surface area contributed by atoms with E-state index < -0.39 is 16.7 Å². The van der Waals surface area contributed by atoms with E-state index >= 15 is 0 Å². The molecule has 0 amide bonds. The lowest BCUT2D eigenvalue weighted by Crippen LogP contribution is -2.24. The van der Waals surface area contributed by atoms with Crippen LogP contribution in [-0.2, 0) is 6.54 Å². The molecule has 0 radical (unpaired) electrons. The van der Waals surface area contributed by atoms with Crippen molar-refractivity contribution in [2.75, 3.05) is 0 Å². The SMILES string of the molecule is Cl.O=c1c(-c2cccc(Cl)c2)cn2ccn(Cc3cccc(Cl)c3)c(=O)c2c1O. The third-order valence-electron chi connectivity index (χ3n) is 4.46. The highest BCUT2D eigenvalue weighted by Crippen LogP contribution is 2.23. The first-order valence-electron chi connectivity index (χ1n) is 8.42. The summed E-state index contributed by atoms with van der Waals surface area (Å²) in [4.78, 5) is 25.6. The highest BCUT2D eigenvalue weighted by molar-refractivity contribution is 6.31. The molecule has 8 heteroatoms. The Balaban J connectivity index is 0.00000240. The van der Waals surface area contributed by atoms with Crippen LogP contribution in [0.3, 0.4) is 0 Å². The highest BCUT2D eigenvalue weighted by atomic mass is 35.5. The topological polar surface area (TPSA) is 63.7 Å². The van der Waals surface area contributed by atoms with Crippen LogP contribution in [0.1, 0.15) is 5.56 Å². The Morgan fingerprint density at radius 1 is 0.931 bits per heavy atom. The number of rotatable bonds is 3. The van der Waals surface area contributed by atoms with Gasteiger partial charge in [-0.3, -0.25) is 9.59 Å². The van der Waals surface area contributed by atoms with Gasteiger partial charge in [0.1, 0.15) is 0 Å². The summed E-state index contributed by atoms with van der Waals surface area (Å²) in [6.07, 6.45) is 4.74. The molecule has 2 aromatic heterocycles. The standard InChI is InChI=1S/C21H14Cl2N2O3.ClH/c22-15-5-1-3-13(9-15)11-25-8-7-24-12-17(14-4-2-6-16(23)10-14)19(26)20(27)18(24)21(25)28;/h1-10,12,27H,11H2;1H. The quantitative estimate of drug-likeness (QED) is 0.497. The molecular formula is C21H15Cl3N2O3. The summed E-state index contributed by atoms with van der Waals surface area (Å²) in [5.74, 6) is -0.595. The third kappa shape index (κ3) is 4.03. The summed E-state index contributed by atoms with van der Waals surface area (Å²) in [5, 5.41) is 11.5. The fraction of sp³-hybridized carbons (Fsp3) is 0.0476. The molecule has 0 bridgehead atoms. The number of aromatic hydroxyl groups is 1. The zero-order valence-electron chi connectivity index (χ0n) is 14.9. The molecule has 0 fully saturated rings. The molecule has 0 aliphatic carbocycles. The van der Waals surface area contributed by atoms with Crippen LogP contribution in [0.4, 0.5) is 0 Å². The van der Waals surface area contributed by atoms with Gasteiger partial charge in [0.15, 0.2) is 11.3 Å². The van der Waals surface area contributed by atoms with E-state index in [0.717, 1.165) is 5.56 Å². The first-order chi connectivity index (χ1) is 13.4. The Morgan fingerprint density at radius 2 is 1.62 bits per heavy atom. The van der Waals surface area contributed by atoms with Crippen molar-refractivity contribution in [3.63, 3.8) is 0 Å². The third-order valence-corrected chi connectivity index (χ3v) is 4.93. The maximum atomic E-state index is 12.9. The molecule has 2 heterocycles. The van der Waals surface area contributed by atoms with E-state index in [1.807, 2.05) is 6.07 Å². The summed E-state index contributed by atoms with van der Waals surface area (Å²) < 4.78 is 2.86. The lowest BCUT2D eigenvalue weighted by Gasteiger charge is -2.11. The minimum absolute atomic E-state index is 0. The number of hydrogen-bond acceptors (Lipinski definition) is 3. The van der Waals surface area contributed by atoms with Gasteiger partial charge in [0, 0.05) is 34.2 Å². The maximum Gasteiger partial charge on any atom is 0.279 e. The van der Waals surface area contributed by atoms with Crippen LogP contribution in [0, 0.1) is 0 Å². The second-order valence-electron chi connectivity index (χ2n) is 6.35. The number of fused-ring (bicyclic) bond motifs is 1. The maximum absolute atomic E-state index is 12.9. The normalized spacial score (nSPS) is 10.7. The van der Waals surface area contributed by atoms with Crippen molar-refractivity contribution in [2.24, 2.45) is 0 Å². The van der Waals surface area contributed by atoms with Crippen LogP contribution in [0.2, 0.25) is 10.0 Å². The fourth-order valence-electron chi connectivity index (χ4n) is 3.12. The summed E-state index contributed by atoms with van der Waals surface area (Å²) in [6, 6.07) is 13.9. The van der Waals surface area contributed by atoms with E-state index in [1.165, 1.54) is 15.2 Å². The monoisotopic (exact) mass is 448 g/mol. The second-order valence-corrected chi connectivity index (χ2v) is 7.22. The molecule has 1 N–H and O–H groups in total. The van der Waals surface area contributed by atoms with Gasteiger partial charge in [-0.1, -0.05) is 47.5 Å². The van der Waals surface area contributed by atoms with E-state index in [-0.39, 0.29) is 30.0 Å². The molecule has 0 spiro atoms. The van der Waals surface area contributed by atoms with Crippen molar-refractivity contribution in [1.29, 1.82) is 0 Å². The lowest BCUT2D eigenvalue weighted by molar-refractivity contribution is 0.472. The summed E-state index contributed by atoms with van der Waals surface area (Å²) in [5.41, 5.74) is 0.459. The van der Waals surface area contributed by atoms with E-state index in [9.17, 15) is 14.7 Å². The van der Waals surface area contributed by atoms with Crippen molar-refractivity contribution in [2.45, 2.75) is 6.54 Å². The average Bonchev–Trinajstić information content (AvgIpc) is 2.66. The van der Waals surface area contributed by atoms with E-state index in [4.69, 9.17) is 23.2 Å². The van der Waals surface area contributed by atoms with Crippen molar-refractivity contribution in [3.8, 4) is 16.9 Å². The van der Waals surface area contributed by atoms with Gasteiger partial charge < -0.3 is 14.1 Å². The van der Waals surface area contributed by atoms with E-state index in [0.29, 0.717) is 15.6 Å². The van der Waals surface area contributed by atoms with Gasteiger partial charge in [0.2, 0.25) is 5.43 Å². The minimum Gasteiger partial charge on any atom is -0.503 e. The Morgan fingerprint density at radius 3 is 2.31 bits per heavy atom. The van der Waals surface area contributed by atoms with Crippen molar-refractivity contribution in [3.05, 3.63) is 103 Å². The molecule has 29 heavy (non-hydrogen) atoms. The molecule has 5 nitrogen and oxygen atoms in total. The lowest BCUT2D eigenvalue weighted by atomic mass is 10.1. The average molecular weight is 450 g/mol. The minimum atomic E-state index is -0.625. The van der Waals surface area contributed by atoms with E-state index in [1.54, 1.807) is 54.9 Å². The van der Waals surface area contributed by atoms with Crippen molar-refractivity contribution >= 4 is 41.1 Å². The Labute approximate surface area is 181 Å². The largest absolute Gasteiger partial charge is 0.503 e. The first-order valence-corrected chi connectivity index (χ1v) is 9.17. The molecule has 0 saturated heterocycles. The molecule has 148 valence electrons. The molecule has 0 unspecified atom stereocenters. The van der Waals surface area contributed by atoms with Crippen LogP contribution in [0.15, 0.2) is 76.7 Å². The highest BCUT2D eigenvalue weighted by Gasteiger charge is 2.16. The number of aromatic nitrogens is 2. The number of benzene rings is 2. The fourth-order valence-corrected chi connectivity index (χ4v) is 3.53. The van der Waals surface area contributed by atoms with Gasteiger partial charge in [-0.05, 0) is 35.4 Å². The number of hydrogen-bond donors (Lipinski definition) is 1. The van der Waals surface area contributed by atoms with Crippen molar-refractivity contribution in [1.82, 2.24) is 8.97 Å². The van der Waals surface area contributed by atoms with Crippen LogP contribution in [0.5, 0.6) is 5.75 Å². The Kier molecular flexibility index (Phi) is 6.03. The van der Waals surface area contributed by atoms with Gasteiger partial charge in [-0.25, -0.2) is 0 Å². The molecule has 0 saturated carbocycles. The molecule has 4 rings (SSSR count). The zero-order valence-corrected chi connectivity index (χ0v) is 17.2. The summed E-state index contributed by atoms with van der Waals surface area (Å²) >= 11 is 12.0. The van der Waals surface area contributed by atoms with Gasteiger partial charge in [-0.15, -0.1) is 12.4 Å². The first kappa shape index (κ1) is 21.0. The Hall–Kier alpha value is -2.73. The smallest absolute Gasteiger partial charge is 0.279 e. The van der Waals surface area contributed by atoms with E-state index in [2.05, 4.69) is 0 Å². The summed E-state index contributed by atoms with van der Waals surface area (Å²) in [6.45, 7) is 0.263. The molecule has 0 atom stereocenters. The van der Waals surface area contributed by atoms with Crippen molar-refractivity contribution < 1.29 is 5.11 Å². The van der Waals surface area contributed by atoms with Crippen LogP contribution in [-0.4, -0.2) is 14.1 Å². The van der Waals surface area contributed by atoms with Crippen LogP contribution < -0.4 is 11.0 Å². The van der Waals surface area contributed by atoms with Crippen LogP contribution in [0.25, 0.3) is 16.6 Å². The summed E-state index contributed by atoms with van der Waals surface area (Å²) in [7, 11) is 0. The number of pyridine rings is 1. The van der Waals surface area contributed by atoms with Gasteiger partial charge in [-0.2, -0.15) is 0 Å². The molecular weight excluding hydrogens is 435 g/mol. The molecule has 0 aliphatic heterocycles. The molecule has 4 aromatic rings. The number of halogens is 3. The molecule has 0 aliphatic rings. The molecule has 2 aromatic carbocycles. The van der Waals surface area contributed by atoms with Gasteiger partial charge in [0.05, 0.1) is 6.54 Å². The van der Waals surface area contributed by atoms with Gasteiger partial charge >= 0.3 is 0 Å². The Bertz CT molecular complexity index is 1330. The van der Waals surface area contributed by atoms with Crippen LogP contribution >= 0.6 is 35.6 Å². The predicted octanol–water partition coefficient (Wildman–Crippen LogP) is 4.61. The zero-order chi connectivity index (χ0) is 19.8. The number of nitrogens with zero attached hydrogens (tertiary/aromatic N) is 2. The predicted molar refractivity (Wildman–Crippen MR) is 118 cm³/mol. The van der Waals surface area contributed by atoms with Gasteiger partial charge in [0.25, 0.3) is 5.56 Å².